The van der Waals surface area contributed by atoms with E-state index in [0.29, 0.717) is 19.4 Å². The van der Waals surface area contributed by atoms with Crippen LogP contribution in [0.1, 0.15) is 81.9 Å². The summed E-state index contributed by atoms with van der Waals surface area (Å²) < 4.78 is 0. The second-order valence-corrected chi connectivity index (χ2v) is 12.5. The molecule has 3 N–H and O–H groups in total. The van der Waals surface area contributed by atoms with Crippen molar-refractivity contribution in [3.8, 4) is 0 Å². The van der Waals surface area contributed by atoms with E-state index in [1.54, 1.807) is 0 Å². The third-order valence-electron chi connectivity index (χ3n) is 9.51. The number of carbonyl (C=O) groups excluding carboxylic acids is 3. The average Bonchev–Trinajstić information content (AvgIpc) is 3.53. The first-order valence-electron chi connectivity index (χ1n) is 15.8. The molecule has 2 aliphatic heterocycles. The number of aliphatic hydroxyl groups excluding tert-OH is 1. The monoisotopic (exact) mass is 574 g/mol. The van der Waals surface area contributed by atoms with Crippen molar-refractivity contribution in [3.05, 3.63) is 65.2 Å². The molecule has 42 heavy (non-hydrogen) atoms. The molecular formula is C34H46N4O4. The lowest BCUT2D eigenvalue weighted by atomic mass is 9.80. The smallest absolute Gasteiger partial charge is 0.248 e. The van der Waals surface area contributed by atoms with Gasteiger partial charge in [-0.1, -0.05) is 62.6 Å². The summed E-state index contributed by atoms with van der Waals surface area (Å²) in [7, 11) is 0. The molecule has 2 heterocycles. The highest BCUT2D eigenvalue weighted by Gasteiger charge is 2.55. The van der Waals surface area contributed by atoms with Crippen LogP contribution in [0.4, 0.5) is 5.69 Å². The fourth-order valence-electron chi connectivity index (χ4n) is 7.03. The minimum atomic E-state index is -0.825. The van der Waals surface area contributed by atoms with Crippen molar-refractivity contribution < 1.29 is 19.5 Å². The second kappa shape index (κ2) is 13.4. The first-order chi connectivity index (χ1) is 20.3. The van der Waals surface area contributed by atoms with Crippen molar-refractivity contribution in [1.29, 1.82) is 0 Å². The van der Waals surface area contributed by atoms with E-state index < -0.39 is 17.7 Å². The topological polar surface area (TPSA) is 102 Å². The number of anilines is 1. The lowest BCUT2D eigenvalue weighted by molar-refractivity contribution is -0.165. The number of likely N-dealkylation sites (tertiary alicyclic amines) is 1. The first kappa shape index (κ1) is 30.2. The maximum Gasteiger partial charge on any atom is 0.248 e. The van der Waals surface area contributed by atoms with Gasteiger partial charge < -0.3 is 20.6 Å². The molecule has 8 nitrogen and oxygen atoms in total. The molecule has 0 aromatic heterocycles. The molecule has 2 atom stereocenters. The highest BCUT2D eigenvalue weighted by Crippen LogP contribution is 2.37. The number of piperidine rings is 1. The van der Waals surface area contributed by atoms with Gasteiger partial charge in [-0.2, -0.15) is 0 Å². The minimum Gasteiger partial charge on any atom is -0.390 e. The van der Waals surface area contributed by atoms with Gasteiger partial charge in [0.25, 0.3) is 0 Å². The summed E-state index contributed by atoms with van der Waals surface area (Å²) in [4.78, 5) is 42.9. The molecule has 2 saturated heterocycles. The molecule has 3 fully saturated rings. The summed E-state index contributed by atoms with van der Waals surface area (Å²) in [6, 6.07) is 15.8. The van der Waals surface area contributed by atoms with Gasteiger partial charge in [0, 0.05) is 38.8 Å². The van der Waals surface area contributed by atoms with Gasteiger partial charge >= 0.3 is 0 Å². The van der Waals surface area contributed by atoms with Crippen LogP contribution in [-0.2, 0) is 27.3 Å². The van der Waals surface area contributed by atoms with Gasteiger partial charge in [0.2, 0.25) is 17.7 Å². The molecule has 2 aromatic carbocycles. The molecule has 1 saturated carbocycles. The Morgan fingerprint density at radius 1 is 1.00 bits per heavy atom. The van der Waals surface area contributed by atoms with E-state index >= 15 is 0 Å². The fraction of sp³-hybridized carbons (Fsp3) is 0.559. The Morgan fingerprint density at radius 2 is 1.60 bits per heavy atom. The van der Waals surface area contributed by atoms with E-state index in [0.717, 1.165) is 70.3 Å². The summed E-state index contributed by atoms with van der Waals surface area (Å²) in [6.07, 6.45) is 7.01. The zero-order chi connectivity index (χ0) is 29.7. The number of piperazine rings is 1. The van der Waals surface area contributed by atoms with Gasteiger partial charge in [-0.3, -0.25) is 19.3 Å². The first-order valence-corrected chi connectivity index (χ1v) is 15.8. The van der Waals surface area contributed by atoms with Crippen LogP contribution in [-0.4, -0.2) is 69.9 Å². The van der Waals surface area contributed by atoms with E-state index in [4.69, 9.17) is 0 Å². The molecule has 1 spiro atoms. The van der Waals surface area contributed by atoms with Gasteiger partial charge in [0.15, 0.2) is 0 Å². The van der Waals surface area contributed by atoms with Crippen molar-refractivity contribution in [2.45, 2.75) is 95.9 Å². The molecule has 0 bridgehead atoms. The van der Waals surface area contributed by atoms with Crippen LogP contribution in [0.5, 0.6) is 0 Å². The lowest BCUT2D eigenvalue weighted by Crippen LogP contribution is -2.75. The number of unbranched alkanes of at least 4 members (excludes halogenated alkanes) is 1. The molecule has 5 rings (SSSR count). The molecular weight excluding hydrogens is 528 g/mol. The molecule has 2 aromatic rings. The van der Waals surface area contributed by atoms with Gasteiger partial charge in [-0.05, 0) is 73.3 Å². The van der Waals surface area contributed by atoms with Crippen molar-refractivity contribution >= 4 is 23.4 Å². The van der Waals surface area contributed by atoms with E-state index in [9.17, 15) is 19.5 Å². The zero-order valence-electron chi connectivity index (χ0n) is 25.1. The van der Waals surface area contributed by atoms with E-state index in [1.807, 2.05) is 29.2 Å². The number of benzene rings is 2. The van der Waals surface area contributed by atoms with Crippen LogP contribution in [0.3, 0.4) is 0 Å². The maximum absolute atomic E-state index is 13.8. The minimum absolute atomic E-state index is 0.0745. The Hall–Kier alpha value is -3.23. The molecule has 1 aliphatic carbocycles. The Balaban J connectivity index is 1.19. The maximum atomic E-state index is 13.8. The number of nitrogens with one attached hydrogen (secondary N) is 2. The van der Waals surface area contributed by atoms with Crippen LogP contribution in [0, 0.1) is 5.92 Å². The number of nitrogens with zero attached hydrogens (tertiary/aromatic N) is 2. The Kier molecular flexibility index (Phi) is 9.63. The van der Waals surface area contributed by atoms with Gasteiger partial charge in [-0.25, -0.2) is 0 Å². The highest BCUT2D eigenvalue weighted by molar-refractivity contribution is 6.00. The van der Waals surface area contributed by atoms with Crippen molar-refractivity contribution in [2.24, 2.45) is 5.92 Å². The molecule has 0 unspecified atom stereocenters. The van der Waals surface area contributed by atoms with Crippen molar-refractivity contribution in [2.75, 3.05) is 25.0 Å². The second-order valence-electron chi connectivity index (χ2n) is 12.5. The lowest BCUT2D eigenvalue weighted by Gasteiger charge is -2.52. The number of hydrogen-bond donors (Lipinski definition) is 3. The number of aliphatic hydroxyl groups is 1. The normalized spacial score (nSPS) is 21.9. The Labute approximate surface area is 249 Å². The predicted molar refractivity (Wildman–Crippen MR) is 164 cm³/mol. The zero-order valence-corrected chi connectivity index (χ0v) is 25.1. The Morgan fingerprint density at radius 3 is 2.19 bits per heavy atom. The SMILES string of the molecule is CCCCN1C(=O)[C@@H]([C@H](O)C2CCCC2)NC(=O)C12CCN(Cc1ccc(Cc3ccc(NC(C)=O)cc3)cc1)CC2. The summed E-state index contributed by atoms with van der Waals surface area (Å²) >= 11 is 0. The standard InChI is InChI=1S/C34H46N4O4/c1-3-4-19-38-32(41)30(31(40)28-7-5-6-8-28)36-33(42)34(38)17-20-37(21-18-34)23-27-11-9-25(10-12-27)22-26-13-15-29(16-14-26)35-24(2)39/h9-16,28,30-31,40H,3-8,17-23H2,1-2H3,(H,35,39)(H,36,42)/t30-,31-/m1/s1. The third-order valence-corrected chi connectivity index (χ3v) is 9.51. The number of rotatable bonds is 10. The molecule has 226 valence electrons. The Bertz CT molecular complexity index is 1230. The van der Waals surface area contributed by atoms with E-state index in [1.165, 1.54) is 23.6 Å². The summed E-state index contributed by atoms with van der Waals surface area (Å²) in [5.74, 6) is -0.176. The summed E-state index contributed by atoms with van der Waals surface area (Å²) in [5.41, 5.74) is 3.61. The van der Waals surface area contributed by atoms with Crippen LogP contribution in [0.15, 0.2) is 48.5 Å². The van der Waals surface area contributed by atoms with Gasteiger partial charge in [0.05, 0.1) is 6.10 Å². The molecule has 0 radical (unpaired) electrons. The summed E-state index contributed by atoms with van der Waals surface area (Å²) in [5, 5.41) is 16.8. The fourth-order valence-corrected chi connectivity index (χ4v) is 7.03. The molecule has 3 aliphatic rings. The van der Waals surface area contributed by atoms with Crippen LogP contribution in [0.2, 0.25) is 0 Å². The van der Waals surface area contributed by atoms with Crippen molar-refractivity contribution in [1.82, 2.24) is 15.1 Å². The van der Waals surface area contributed by atoms with E-state index in [-0.39, 0.29) is 23.6 Å². The molecule has 8 heteroatoms. The van der Waals surface area contributed by atoms with Gasteiger partial charge in [-0.15, -0.1) is 0 Å². The highest BCUT2D eigenvalue weighted by atomic mass is 16.3. The summed E-state index contributed by atoms with van der Waals surface area (Å²) in [6.45, 7) is 6.45. The van der Waals surface area contributed by atoms with Gasteiger partial charge in [0.1, 0.15) is 11.6 Å². The largest absolute Gasteiger partial charge is 0.390 e. The number of carbonyl (C=O) groups is 3. The molecule has 3 amide bonds. The predicted octanol–water partition coefficient (Wildman–Crippen LogP) is 4.25. The van der Waals surface area contributed by atoms with Crippen LogP contribution >= 0.6 is 0 Å². The number of hydrogen-bond acceptors (Lipinski definition) is 5. The number of amides is 3. The average molecular weight is 575 g/mol. The quantitative estimate of drug-likeness (QED) is 0.394. The van der Waals surface area contributed by atoms with Crippen molar-refractivity contribution in [3.63, 3.8) is 0 Å². The van der Waals surface area contributed by atoms with Crippen LogP contribution < -0.4 is 10.6 Å². The van der Waals surface area contributed by atoms with Crippen LogP contribution in [0.25, 0.3) is 0 Å². The van der Waals surface area contributed by atoms with E-state index in [2.05, 4.69) is 46.7 Å². The third kappa shape index (κ3) is 6.70.